The Morgan fingerprint density at radius 1 is 1.06 bits per heavy atom. The summed E-state index contributed by atoms with van der Waals surface area (Å²) in [4.78, 5) is 24.9. The number of carbonyl (C=O) groups is 2. The van der Waals surface area contributed by atoms with E-state index in [4.69, 9.17) is 10.4 Å². The van der Waals surface area contributed by atoms with Crippen molar-refractivity contribution >= 4 is 32.7 Å². The van der Waals surface area contributed by atoms with E-state index in [-0.39, 0.29) is 11.3 Å². The van der Waals surface area contributed by atoms with Crippen molar-refractivity contribution in [2.24, 2.45) is 0 Å². The molecule has 164 valence electrons. The zero-order chi connectivity index (χ0) is 23.3. The Balaban J connectivity index is 1.92. The number of nitrogens with zero attached hydrogens (tertiary/aromatic N) is 2. The first kappa shape index (κ1) is 22.9. The van der Waals surface area contributed by atoms with E-state index in [2.05, 4.69) is 4.72 Å². The van der Waals surface area contributed by atoms with Gasteiger partial charge in [-0.2, -0.15) is 9.98 Å². The number of amides is 1. The van der Waals surface area contributed by atoms with E-state index in [1.54, 1.807) is 42.5 Å². The average Bonchev–Trinajstić information content (AvgIpc) is 2.77. The molecule has 32 heavy (non-hydrogen) atoms. The predicted octanol–water partition coefficient (Wildman–Crippen LogP) is 2.14. The lowest BCUT2D eigenvalue weighted by Gasteiger charge is -2.23. The molecule has 0 aromatic heterocycles. The quantitative estimate of drug-likeness (QED) is 0.540. The average molecular weight is 452 g/mol. The molecular weight excluding hydrogens is 430 g/mol. The number of fused-ring (bicyclic) bond motifs is 1. The molecule has 1 unspecified atom stereocenters. The third kappa shape index (κ3) is 5.49. The molecule has 0 aliphatic rings. The summed E-state index contributed by atoms with van der Waals surface area (Å²) in [5.41, 5.74) is 1.05. The molecule has 0 saturated heterocycles. The third-order valence-corrected chi connectivity index (χ3v) is 6.37. The summed E-state index contributed by atoms with van der Waals surface area (Å²) in [5, 5.41) is 19.6. The van der Waals surface area contributed by atoms with Crippen LogP contribution in [-0.2, 0) is 26.0 Å². The van der Waals surface area contributed by atoms with Gasteiger partial charge in [0.2, 0.25) is 15.9 Å². The van der Waals surface area contributed by atoms with Gasteiger partial charge in [-0.05, 0) is 47.0 Å². The van der Waals surface area contributed by atoms with E-state index in [1.165, 1.54) is 19.2 Å². The molecule has 3 aromatic carbocycles. The normalized spacial score (nSPS) is 12.1. The van der Waals surface area contributed by atoms with Crippen LogP contribution in [0.25, 0.3) is 10.8 Å². The minimum atomic E-state index is -4.09. The molecule has 1 amide bonds. The van der Waals surface area contributed by atoms with E-state index in [0.717, 1.165) is 15.7 Å². The molecule has 0 saturated carbocycles. The van der Waals surface area contributed by atoms with Crippen LogP contribution in [-0.4, -0.2) is 49.9 Å². The van der Waals surface area contributed by atoms with Crippen LogP contribution in [0.3, 0.4) is 0 Å². The highest BCUT2D eigenvalue weighted by Gasteiger charge is 2.29. The van der Waals surface area contributed by atoms with Crippen LogP contribution < -0.4 is 4.72 Å². The largest absolute Gasteiger partial charge is 0.480 e. The van der Waals surface area contributed by atoms with E-state index in [0.29, 0.717) is 11.1 Å². The molecule has 0 aliphatic heterocycles. The highest BCUT2D eigenvalue weighted by Crippen LogP contribution is 2.20. The van der Waals surface area contributed by atoms with Crippen molar-refractivity contribution in [3.63, 3.8) is 0 Å². The smallest absolute Gasteiger partial charge is 0.323 e. The van der Waals surface area contributed by atoms with Gasteiger partial charge in [-0.3, -0.25) is 9.59 Å². The summed E-state index contributed by atoms with van der Waals surface area (Å²) in [6.07, 6.45) is -0.0126. The second kappa shape index (κ2) is 9.60. The molecule has 1 atom stereocenters. The van der Waals surface area contributed by atoms with Gasteiger partial charge in [0.05, 0.1) is 16.5 Å². The van der Waals surface area contributed by atoms with Gasteiger partial charge in [0.15, 0.2) is 0 Å². The van der Waals surface area contributed by atoms with Crippen molar-refractivity contribution in [2.75, 3.05) is 13.6 Å². The lowest BCUT2D eigenvalue weighted by molar-refractivity contribution is -0.144. The topological polar surface area (TPSA) is 128 Å². The van der Waals surface area contributed by atoms with E-state index in [9.17, 15) is 18.0 Å². The molecule has 3 aromatic rings. The van der Waals surface area contributed by atoms with Crippen LogP contribution in [0.15, 0.2) is 71.6 Å². The van der Waals surface area contributed by atoms with Crippen LogP contribution in [0.5, 0.6) is 0 Å². The molecule has 9 heteroatoms. The van der Waals surface area contributed by atoms with E-state index >= 15 is 0 Å². The van der Waals surface area contributed by atoms with Gasteiger partial charge >= 0.3 is 5.97 Å². The Kier molecular flexibility index (Phi) is 6.88. The lowest BCUT2D eigenvalue weighted by atomic mass is 10.0. The van der Waals surface area contributed by atoms with Crippen LogP contribution in [0.2, 0.25) is 0 Å². The Labute approximate surface area is 185 Å². The maximum atomic E-state index is 13.1. The first-order valence-corrected chi connectivity index (χ1v) is 11.1. The number of hydrogen-bond donors (Lipinski definition) is 2. The Hall–Kier alpha value is -3.74. The van der Waals surface area contributed by atoms with Gasteiger partial charge in [-0.25, -0.2) is 8.42 Å². The van der Waals surface area contributed by atoms with Crippen LogP contribution in [0.4, 0.5) is 0 Å². The summed E-state index contributed by atoms with van der Waals surface area (Å²) in [5.74, 6) is -1.89. The van der Waals surface area contributed by atoms with Crippen molar-refractivity contribution in [3.05, 3.63) is 77.9 Å². The molecule has 0 aliphatic carbocycles. The predicted molar refractivity (Wildman–Crippen MR) is 118 cm³/mol. The lowest BCUT2D eigenvalue weighted by Crippen LogP contribution is -2.49. The molecule has 8 nitrogen and oxygen atoms in total. The number of benzene rings is 3. The van der Waals surface area contributed by atoms with Crippen molar-refractivity contribution in [2.45, 2.75) is 17.4 Å². The number of carboxylic acid groups (broad SMARTS) is 1. The van der Waals surface area contributed by atoms with Crippen LogP contribution >= 0.6 is 0 Å². The van der Waals surface area contributed by atoms with Crippen molar-refractivity contribution in [1.29, 1.82) is 5.26 Å². The summed E-state index contributed by atoms with van der Waals surface area (Å²) in [6.45, 7) is -0.569. The summed E-state index contributed by atoms with van der Waals surface area (Å²) in [6, 6.07) is 19.1. The molecule has 2 N–H and O–H groups in total. The number of rotatable bonds is 8. The number of carbonyl (C=O) groups excluding carboxylic acids is 1. The number of nitrogens with one attached hydrogen (secondary N) is 1. The molecule has 0 heterocycles. The molecule has 0 bridgehead atoms. The highest BCUT2D eigenvalue weighted by molar-refractivity contribution is 7.89. The highest BCUT2D eigenvalue weighted by atomic mass is 32.2. The number of carboxylic acids is 1. The van der Waals surface area contributed by atoms with Crippen LogP contribution in [0, 0.1) is 11.3 Å². The van der Waals surface area contributed by atoms with E-state index < -0.39 is 34.5 Å². The number of hydrogen-bond acceptors (Lipinski definition) is 5. The van der Waals surface area contributed by atoms with E-state index in [1.807, 2.05) is 18.2 Å². The molecular formula is C23H21N3O5S. The first-order chi connectivity index (χ1) is 15.2. The van der Waals surface area contributed by atoms with Crippen molar-refractivity contribution in [1.82, 2.24) is 9.62 Å². The maximum absolute atomic E-state index is 13.1. The third-order valence-electron chi connectivity index (χ3n) is 4.90. The molecule has 0 fully saturated rings. The fourth-order valence-corrected chi connectivity index (χ4v) is 4.49. The SMILES string of the molecule is CN(CC(=O)O)C(=O)C(Cc1ccc(C#N)cc1)NS(=O)(=O)c1ccc2ccccc2c1. The minimum absolute atomic E-state index is 0.00489. The Bertz CT molecular complexity index is 1300. The van der Waals surface area contributed by atoms with Gasteiger partial charge in [0.25, 0.3) is 0 Å². The number of likely N-dealkylation sites (N-methyl/N-ethyl adjacent to an activating group) is 1. The fraction of sp³-hybridized carbons (Fsp3) is 0.174. The van der Waals surface area contributed by atoms with Crippen molar-refractivity contribution < 1.29 is 23.1 Å². The second-order valence-corrected chi connectivity index (χ2v) is 9.00. The second-order valence-electron chi connectivity index (χ2n) is 7.28. The maximum Gasteiger partial charge on any atom is 0.323 e. The van der Waals surface area contributed by atoms with Gasteiger partial charge in [-0.15, -0.1) is 0 Å². The Morgan fingerprint density at radius 3 is 2.34 bits per heavy atom. The molecule has 0 radical (unpaired) electrons. The Morgan fingerprint density at radius 2 is 1.72 bits per heavy atom. The van der Waals surface area contributed by atoms with Gasteiger partial charge < -0.3 is 10.0 Å². The zero-order valence-corrected chi connectivity index (χ0v) is 18.0. The van der Waals surface area contributed by atoms with Crippen LogP contribution in [0.1, 0.15) is 11.1 Å². The minimum Gasteiger partial charge on any atom is -0.480 e. The van der Waals surface area contributed by atoms with Gasteiger partial charge in [0, 0.05) is 7.05 Å². The summed E-state index contributed by atoms with van der Waals surface area (Å²) >= 11 is 0. The summed E-state index contributed by atoms with van der Waals surface area (Å²) in [7, 11) is -2.79. The zero-order valence-electron chi connectivity index (χ0n) is 17.2. The first-order valence-electron chi connectivity index (χ1n) is 9.66. The number of nitriles is 1. The summed E-state index contributed by atoms with van der Waals surface area (Å²) < 4.78 is 28.6. The molecule has 3 rings (SSSR count). The monoisotopic (exact) mass is 451 g/mol. The number of aliphatic carboxylic acids is 1. The fourth-order valence-electron chi connectivity index (χ4n) is 3.27. The molecule has 0 spiro atoms. The standard InChI is InChI=1S/C23H21N3O5S/c1-26(15-22(27)28)23(29)21(12-16-6-8-17(14-24)9-7-16)25-32(30,31)20-11-10-18-4-2-3-5-19(18)13-20/h2-11,13,21,25H,12,15H2,1H3,(H,27,28). The number of sulfonamides is 1. The van der Waals surface area contributed by atoms with Crippen molar-refractivity contribution in [3.8, 4) is 6.07 Å². The van der Waals surface area contributed by atoms with Gasteiger partial charge in [-0.1, -0.05) is 42.5 Å². The van der Waals surface area contributed by atoms with Gasteiger partial charge in [0.1, 0.15) is 12.6 Å².